The number of guanidine groups is 1. The molecule has 0 amide bonds. The fourth-order valence-electron chi connectivity index (χ4n) is 2.04. The van der Waals surface area contributed by atoms with Crippen molar-refractivity contribution in [2.24, 2.45) is 4.99 Å². The number of nitrogens with one attached hydrogen (secondary N) is 2. The van der Waals surface area contributed by atoms with E-state index in [4.69, 9.17) is 0 Å². The zero-order valence-electron chi connectivity index (χ0n) is 12.9. The largest absolute Gasteiger partial charge is 0.326 e. The number of para-hydroxylation sites is 3. The van der Waals surface area contributed by atoms with Gasteiger partial charge < -0.3 is 10.6 Å². The SMILES string of the molecule is Cl.Cl.c1ccc(N=C(Nc2ccccc2)Nc2ccccc2)cc1. The van der Waals surface area contributed by atoms with Gasteiger partial charge in [0.1, 0.15) is 0 Å². The van der Waals surface area contributed by atoms with Crippen LogP contribution in [0, 0.1) is 0 Å². The first-order chi connectivity index (χ1) is 10.9. The average Bonchev–Trinajstić information content (AvgIpc) is 2.57. The second kappa shape index (κ2) is 10.3. The highest BCUT2D eigenvalue weighted by molar-refractivity contribution is 6.04. The van der Waals surface area contributed by atoms with Gasteiger partial charge in [-0.25, -0.2) is 4.99 Å². The summed E-state index contributed by atoms with van der Waals surface area (Å²) in [5, 5.41) is 6.63. The van der Waals surface area contributed by atoms with Crippen LogP contribution in [0.1, 0.15) is 0 Å². The number of rotatable bonds is 3. The van der Waals surface area contributed by atoms with Crippen LogP contribution in [0.5, 0.6) is 0 Å². The Morgan fingerprint density at radius 2 is 0.917 bits per heavy atom. The average molecular weight is 360 g/mol. The van der Waals surface area contributed by atoms with Gasteiger partial charge in [-0.3, -0.25) is 0 Å². The molecule has 0 atom stereocenters. The summed E-state index contributed by atoms with van der Waals surface area (Å²) in [5.74, 6) is 0.684. The van der Waals surface area contributed by atoms with Crippen LogP contribution in [0.2, 0.25) is 0 Å². The Balaban J connectivity index is 0.00000144. The summed E-state index contributed by atoms with van der Waals surface area (Å²) >= 11 is 0. The molecular formula is C19H19Cl2N3. The Labute approximate surface area is 154 Å². The molecule has 5 heteroatoms. The molecule has 0 radical (unpaired) electrons. The predicted molar refractivity (Wildman–Crippen MR) is 108 cm³/mol. The fraction of sp³-hybridized carbons (Fsp3) is 0. The van der Waals surface area contributed by atoms with Gasteiger partial charge in [0.15, 0.2) is 0 Å². The minimum absolute atomic E-state index is 0. The van der Waals surface area contributed by atoms with Crippen LogP contribution in [-0.4, -0.2) is 5.96 Å². The van der Waals surface area contributed by atoms with Crippen LogP contribution in [0.3, 0.4) is 0 Å². The van der Waals surface area contributed by atoms with Gasteiger partial charge in [-0.2, -0.15) is 0 Å². The quantitative estimate of drug-likeness (QED) is 0.461. The molecule has 24 heavy (non-hydrogen) atoms. The van der Waals surface area contributed by atoms with Crippen molar-refractivity contribution in [3.63, 3.8) is 0 Å². The van der Waals surface area contributed by atoms with Crippen LogP contribution in [0.15, 0.2) is 96.0 Å². The van der Waals surface area contributed by atoms with Gasteiger partial charge in [-0.15, -0.1) is 24.8 Å². The number of halogens is 2. The molecule has 0 bridgehead atoms. The molecular weight excluding hydrogens is 341 g/mol. The van der Waals surface area contributed by atoms with Gasteiger partial charge in [0.25, 0.3) is 0 Å². The summed E-state index contributed by atoms with van der Waals surface area (Å²) in [6, 6.07) is 29.8. The summed E-state index contributed by atoms with van der Waals surface area (Å²) in [6.07, 6.45) is 0. The molecule has 0 aliphatic carbocycles. The summed E-state index contributed by atoms with van der Waals surface area (Å²) in [5.41, 5.74) is 2.87. The molecule has 0 saturated carbocycles. The molecule has 0 aliphatic heterocycles. The van der Waals surface area contributed by atoms with E-state index in [1.165, 1.54) is 0 Å². The Bertz CT molecular complexity index is 689. The molecule has 3 aromatic rings. The van der Waals surface area contributed by atoms with Crippen LogP contribution < -0.4 is 10.6 Å². The van der Waals surface area contributed by atoms with E-state index in [2.05, 4.69) is 15.6 Å². The van der Waals surface area contributed by atoms with Gasteiger partial charge >= 0.3 is 0 Å². The van der Waals surface area contributed by atoms with E-state index in [9.17, 15) is 0 Å². The Kier molecular flexibility index (Phi) is 8.41. The zero-order valence-corrected chi connectivity index (χ0v) is 14.6. The number of hydrogen-bond donors (Lipinski definition) is 2. The van der Waals surface area contributed by atoms with Crippen molar-refractivity contribution in [3.05, 3.63) is 91.0 Å². The van der Waals surface area contributed by atoms with Crippen molar-refractivity contribution in [3.8, 4) is 0 Å². The monoisotopic (exact) mass is 359 g/mol. The van der Waals surface area contributed by atoms with E-state index in [0.29, 0.717) is 5.96 Å². The third-order valence-electron chi connectivity index (χ3n) is 3.07. The molecule has 0 heterocycles. The molecule has 124 valence electrons. The first-order valence-corrected chi connectivity index (χ1v) is 7.18. The molecule has 0 saturated heterocycles. The topological polar surface area (TPSA) is 36.4 Å². The van der Waals surface area contributed by atoms with Crippen LogP contribution >= 0.6 is 24.8 Å². The van der Waals surface area contributed by atoms with Crippen LogP contribution in [0.25, 0.3) is 0 Å². The standard InChI is InChI=1S/C19H17N3.2ClH/c1-4-10-16(11-5-1)20-19(21-17-12-6-2-7-13-17)22-18-14-8-3-9-15-18;;/h1-15H,(H2,20,21,22);2*1H. The number of nitrogens with zero attached hydrogens (tertiary/aromatic N) is 1. The summed E-state index contributed by atoms with van der Waals surface area (Å²) in [6.45, 7) is 0. The molecule has 0 aliphatic rings. The maximum Gasteiger partial charge on any atom is 0.205 e. The van der Waals surface area contributed by atoms with Crippen molar-refractivity contribution in [2.45, 2.75) is 0 Å². The minimum atomic E-state index is 0. The van der Waals surface area contributed by atoms with Crippen molar-refractivity contribution in [2.75, 3.05) is 10.6 Å². The second-order valence-corrected chi connectivity index (χ2v) is 4.78. The van der Waals surface area contributed by atoms with Gasteiger partial charge in [-0.1, -0.05) is 54.6 Å². The van der Waals surface area contributed by atoms with Crippen molar-refractivity contribution in [1.29, 1.82) is 0 Å². The molecule has 0 aromatic heterocycles. The van der Waals surface area contributed by atoms with E-state index in [1.54, 1.807) is 0 Å². The maximum atomic E-state index is 4.64. The van der Waals surface area contributed by atoms with Gasteiger partial charge in [0.2, 0.25) is 5.96 Å². The number of aliphatic imine (C=N–C) groups is 1. The van der Waals surface area contributed by atoms with Crippen LogP contribution in [-0.2, 0) is 0 Å². The second-order valence-electron chi connectivity index (χ2n) is 4.78. The highest BCUT2D eigenvalue weighted by Crippen LogP contribution is 2.14. The molecule has 0 spiro atoms. The Morgan fingerprint density at radius 1 is 0.542 bits per heavy atom. The van der Waals surface area contributed by atoms with Gasteiger partial charge in [0, 0.05) is 11.4 Å². The van der Waals surface area contributed by atoms with Gasteiger partial charge in [0.05, 0.1) is 5.69 Å². The predicted octanol–water partition coefficient (Wildman–Crippen LogP) is 5.74. The van der Waals surface area contributed by atoms with E-state index in [1.807, 2.05) is 91.0 Å². The number of hydrogen-bond acceptors (Lipinski definition) is 1. The third kappa shape index (κ3) is 5.95. The van der Waals surface area contributed by atoms with E-state index in [-0.39, 0.29) is 24.8 Å². The lowest BCUT2D eigenvalue weighted by molar-refractivity contribution is 1.45. The normalized spacial score (nSPS) is 9.00. The smallest absolute Gasteiger partial charge is 0.205 e. The zero-order chi connectivity index (χ0) is 15.0. The summed E-state index contributed by atoms with van der Waals surface area (Å²) < 4.78 is 0. The highest BCUT2D eigenvalue weighted by atomic mass is 35.5. The Hall–Kier alpha value is -2.49. The van der Waals surface area contributed by atoms with Crippen LogP contribution in [0.4, 0.5) is 17.1 Å². The third-order valence-corrected chi connectivity index (χ3v) is 3.07. The van der Waals surface area contributed by atoms with E-state index >= 15 is 0 Å². The van der Waals surface area contributed by atoms with Crippen molar-refractivity contribution in [1.82, 2.24) is 0 Å². The van der Waals surface area contributed by atoms with Crippen molar-refractivity contribution < 1.29 is 0 Å². The van der Waals surface area contributed by atoms with E-state index < -0.39 is 0 Å². The highest BCUT2D eigenvalue weighted by Gasteiger charge is 2.01. The Morgan fingerprint density at radius 3 is 1.33 bits per heavy atom. The molecule has 3 rings (SSSR count). The fourth-order valence-corrected chi connectivity index (χ4v) is 2.04. The maximum absolute atomic E-state index is 4.64. The number of benzene rings is 3. The van der Waals surface area contributed by atoms with Gasteiger partial charge in [-0.05, 0) is 36.4 Å². The minimum Gasteiger partial charge on any atom is -0.326 e. The van der Waals surface area contributed by atoms with E-state index in [0.717, 1.165) is 17.1 Å². The summed E-state index contributed by atoms with van der Waals surface area (Å²) in [7, 11) is 0. The lowest BCUT2D eigenvalue weighted by Gasteiger charge is -2.12. The summed E-state index contributed by atoms with van der Waals surface area (Å²) in [4.78, 5) is 4.64. The molecule has 0 fully saturated rings. The molecule has 3 aromatic carbocycles. The van der Waals surface area contributed by atoms with Crippen molar-refractivity contribution >= 4 is 47.8 Å². The lowest BCUT2D eigenvalue weighted by atomic mass is 10.3. The first kappa shape index (κ1) is 19.6. The molecule has 0 unspecified atom stereocenters. The first-order valence-electron chi connectivity index (χ1n) is 7.18. The molecule has 2 N–H and O–H groups in total. The lowest BCUT2D eigenvalue weighted by Crippen LogP contribution is -2.21. The molecule has 3 nitrogen and oxygen atoms in total. The number of anilines is 2.